The van der Waals surface area contributed by atoms with Crippen molar-refractivity contribution in [3.8, 4) is 11.3 Å². The molecule has 4 atom stereocenters. The summed E-state index contributed by atoms with van der Waals surface area (Å²) in [4.78, 5) is 15.9. The van der Waals surface area contributed by atoms with Gasteiger partial charge in [0.05, 0.1) is 23.4 Å². The Morgan fingerprint density at radius 1 is 1.05 bits per heavy atom. The molecule has 0 spiro atoms. The molecule has 6 nitrogen and oxygen atoms in total. The van der Waals surface area contributed by atoms with E-state index in [0.29, 0.717) is 22.7 Å². The highest BCUT2D eigenvalue weighted by molar-refractivity contribution is 6.31. The number of nitrogens with one attached hydrogen (secondary N) is 2. The fourth-order valence-corrected chi connectivity index (χ4v) is 6.55. The Morgan fingerprint density at radius 3 is 2.45 bits per heavy atom. The van der Waals surface area contributed by atoms with Crippen molar-refractivity contribution in [2.75, 3.05) is 4.90 Å². The van der Waals surface area contributed by atoms with Gasteiger partial charge in [-0.2, -0.15) is 5.10 Å². The number of aromatic amines is 1. The zero-order valence-electron chi connectivity index (χ0n) is 21.7. The van der Waals surface area contributed by atoms with Crippen LogP contribution in [-0.2, 0) is 0 Å². The Balaban J connectivity index is 1.26. The monoisotopic (exact) mass is 528 g/mol. The van der Waals surface area contributed by atoms with Crippen molar-refractivity contribution in [3.05, 3.63) is 82.9 Å². The Bertz CT molecular complexity index is 1450. The lowest BCUT2D eigenvalue weighted by Crippen LogP contribution is -2.44. The van der Waals surface area contributed by atoms with Crippen LogP contribution >= 0.6 is 11.6 Å². The summed E-state index contributed by atoms with van der Waals surface area (Å²) in [6.07, 6.45) is 3.81. The van der Waals surface area contributed by atoms with Crippen LogP contribution in [-0.4, -0.2) is 39.4 Å². The molecule has 2 saturated heterocycles. The third kappa shape index (κ3) is 4.56. The average Bonchev–Trinajstić information content (AvgIpc) is 3.45. The zero-order valence-corrected chi connectivity index (χ0v) is 22.4. The third-order valence-electron chi connectivity index (χ3n) is 8.17. The van der Waals surface area contributed by atoms with E-state index in [9.17, 15) is 9.90 Å². The highest BCUT2D eigenvalue weighted by Crippen LogP contribution is 2.40. The molecule has 1 amide bonds. The number of aliphatic hydroxyl groups is 1. The summed E-state index contributed by atoms with van der Waals surface area (Å²) in [5, 5.41) is 22.6. The number of fused-ring (bicyclic) bond motifs is 3. The molecule has 3 aromatic carbocycles. The maximum atomic E-state index is 13.4. The van der Waals surface area contributed by atoms with Crippen molar-refractivity contribution < 1.29 is 9.90 Å². The van der Waals surface area contributed by atoms with Gasteiger partial charge in [-0.1, -0.05) is 55.8 Å². The van der Waals surface area contributed by atoms with Gasteiger partial charge < -0.3 is 15.3 Å². The van der Waals surface area contributed by atoms with E-state index in [1.807, 2.05) is 42.5 Å². The number of aromatic nitrogens is 2. The molecule has 2 aliphatic heterocycles. The molecule has 6 rings (SSSR count). The number of H-pyrrole nitrogens is 1. The third-order valence-corrected chi connectivity index (χ3v) is 8.51. The first-order valence-electron chi connectivity index (χ1n) is 13.5. The highest BCUT2D eigenvalue weighted by Gasteiger charge is 2.40. The van der Waals surface area contributed by atoms with E-state index >= 15 is 0 Å². The highest BCUT2D eigenvalue weighted by atomic mass is 35.5. The number of anilines is 1. The minimum atomic E-state index is -0.200. The molecule has 4 aromatic rings. The number of amides is 1. The number of rotatable bonds is 6. The van der Waals surface area contributed by atoms with Crippen LogP contribution in [0.5, 0.6) is 0 Å². The van der Waals surface area contributed by atoms with Gasteiger partial charge in [0.15, 0.2) is 0 Å². The Morgan fingerprint density at radius 2 is 1.76 bits per heavy atom. The molecule has 0 unspecified atom stereocenters. The van der Waals surface area contributed by atoms with Crippen LogP contribution in [0, 0.1) is 5.92 Å². The van der Waals surface area contributed by atoms with Crippen LogP contribution in [0.1, 0.15) is 61.5 Å². The van der Waals surface area contributed by atoms with Gasteiger partial charge in [0.2, 0.25) is 0 Å². The average molecular weight is 529 g/mol. The predicted octanol–water partition coefficient (Wildman–Crippen LogP) is 6.50. The van der Waals surface area contributed by atoms with E-state index in [2.05, 4.69) is 58.5 Å². The Labute approximate surface area is 228 Å². The first kappa shape index (κ1) is 25.0. The summed E-state index contributed by atoms with van der Waals surface area (Å²) >= 11 is 6.45. The van der Waals surface area contributed by atoms with Crippen molar-refractivity contribution in [1.29, 1.82) is 0 Å². The van der Waals surface area contributed by atoms with Crippen LogP contribution < -0.4 is 10.2 Å². The van der Waals surface area contributed by atoms with Crippen LogP contribution in [0.4, 0.5) is 5.69 Å². The largest absolute Gasteiger partial charge is 0.393 e. The fraction of sp³-hybridized carbons (Fsp3) is 0.355. The fourth-order valence-electron chi connectivity index (χ4n) is 6.29. The molecular weight excluding hydrogens is 496 g/mol. The zero-order chi connectivity index (χ0) is 26.4. The van der Waals surface area contributed by atoms with Crippen LogP contribution in [0.3, 0.4) is 0 Å². The lowest BCUT2D eigenvalue weighted by atomic mass is 9.95. The molecule has 0 saturated carbocycles. The Hall–Kier alpha value is -3.35. The van der Waals surface area contributed by atoms with Crippen LogP contribution in [0.15, 0.2) is 66.7 Å². The van der Waals surface area contributed by atoms with Crippen molar-refractivity contribution in [2.45, 2.75) is 63.8 Å². The first-order valence-corrected chi connectivity index (χ1v) is 13.9. The van der Waals surface area contributed by atoms with E-state index in [1.54, 1.807) is 0 Å². The van der Waals surface area contributed by atoms with Gasteiger partial charge in [-0.25, -0.2) is 0 Å². The number of carbonyl (C=O) groups excluding carboxylic acids is 1. The minimum absolute atomic E-state index is 0.143. The van der Waals surface area contributed by atoms with Gasteiger partial charge >= 0.3 is 0 Å². The molecule has 0 radical (unpaired) electrons. The number of aliphatic hydroxyl groups excluding tert-OH is 1. The second kappa shape index (κ2) is 10.1. The number of halogens is 1. The Kier molecular flexibility index (Phi) is 6.62. The van der Waals surface area contributed by atoms with Crippen molar-refractivity contribution in [3.63, 3.8) is 0 Å². The minimum Gasteiger partial charge on any atom is -0.393 e. The lowest BCUT2D eigenvalue weighted by Gasteiger charge is -2.39. The molecule has 38 heavy (non-hydrogen) atoms. The van der Waals surface area contributed by atoms with Gasteiger partial charge in [-0.15, -0.1) is 0 Å². The molecule has 2 bridgehead atoms. The summed E-state index contributed by atoms with van der Waals surface area (Å²) in [6.45, 7) is 4.15. The van der Waals surface area contributed by atoms with E-state index in [-0.39, 0.29) is 24.0 Å². The lowest BCUT2D eigenvalue weighted by molar-refractivity contribution is 0.0925. The normalized spacial score (nSPS) is 21.7. The number of nitrogens with zero attached hydrogens (tertiary/aromatic N) is 2. The molecular formula is C31H33ClN4O2. The quantitative estimate of drug-likeness (QED) is 0.267. The second-order valence-electron chi connectivity index (χ2n) is 11.0. The van der Waals surface area contributed by atoms with E-state index in [4.69, 9.17) is 11.6 Å². The summed E-state index contributed by atoms with van der Waals surface area (Å²) in [6, 6.07) is 22.5. The maximum Gasteiger partial charge on any atom is 0.251 e. The maximum absolute atomic E-state index is 13.4. The number of hydrogen-bond acceptors (Lipinski definition) is 4. The number of benzene rings is 3. The molecule has 2 fully saturated rings. The summed E-state index contributed by atoms with van der Waals surface area (Å²) in [5.74, 6) is 0.0276. The van der Waals surface area contributed by atoms with Crippen LogP contribution in [0.2, 0.25) is 5.02 Å². The molecule has 3 N–H and O–H groups in total. The van der Waals surface area contributed by atoms with E-state index in [0.717, 1.165) is 53.4 Å². The second-order valence-corrected chi connectivity index (χ2v) is 11.4. The molecule has 7 heteroatoms. The van der Waals surface area contributed by atoms with E-state index < -0.39 is 0 Å². The van der Waals surface area contributed by atoms with E-state index in [1.165, 1.54) is 5.69 Å². The van der Waals surface area contributed by atoms with Crippen molar-refractivity contribution in [1.82, 2.24) is 15.5 Å². The molecule has 3 heterocycles. The number of carbonyl (C=O) groups is 1. The van der Waals surface area contributed by atoms with Gasteiger partial charge in [-0.3, -0.25) is 9.89 Å². The van der Waals surface area contributed by atoms with Crippen LogP contribution in [0.25, 0.3) is 22.2 Å². The SMILES string of the molecule is CC(C)[C@H](NC(=O)c1ccc2[nH]nc(-c3ccc(N4[C@@H]5CC[C@H]4C[C@H](O)C5)cc3)c2c1)c1ccccc1Cl. The van der Waals surface area contributed by atoms with Crippen molar-refractivity contribution >= 4 is 34.1 Å². The smallest absolute Gasteiger partial charge is 0.251 e. The summed E-state index contributed by atoms with van der Waals surface area (Å²) < 4.78 is 0. The summed E-state index contributed by atoms with van der Waals surface area (Å²) in [5.41, 5.74) is 5.41. The predicted molar refractivity (Wildman–Crippen MR) is 153 cm³/mol. The number of hydrogen-bond donors (Lipinski definition) is 3. The van der Waals surface area contributed by atoms with Gasteiger partial charge in [0, 0.05) is 39.3 Å². The number of piperidine rings is 1. The van der Waals surface area contributed by atoms with Gasteiger partial charge in [0.25, 0.3) is 5.91 Å². The van der Waals surface area contributed by atoms with Gasteiger partial charge in [-0.05, 0) is 73.6 Å². The molecule has 2 aliphatic rings. The van der Waals surface area contributed by atoms with Gasteiger partial charge in [0.1, 0.15) is 0 Å². The first-order chi connectivity index (χ1) is 18.4. The standard InChI is InChI=1S/C31H33ClN4O2/c1-18(2)29(25-5-3-4-6-27(25)32)33-31(38)20-9-14-28-26(15-20)30(35-34-28)19-7-10-21(11-8-19)36-22-12-13-23(36)17-24(37)16-22/h3-11,14-15,18,22-24,29,37H,12-13,16-17H2,1-2H3,(H,33,38)(H,34,35)/t22-,23+,24-,29-/m0/s1. The van der Waals surface area contributed by atoms with Crippen molar-refractivity contribution in [2.24, 2.45) is 5.92 Å². The molecule has 196 valence electrons. The summed E-state index contributed by atoms with van der Waals surface area (Å²) in [7, 11) is 0. The molecule has 1 aromatic heterocycles. The topological polar surface area (TPSA) is 81.2 Å². The molecule has 0 aliphatic carbocycles.